The van der Waals surface area contributed by atoms with Crippen LogP contribution in [0.2, 0.25) is 0 Å². The molecule has 6 heteroatoms. The molecule has 0 saturated carbocycles. The maximum atomic E-state index is 12.4. The summed E-state index contributed by atoms with van der Waals surface area (Å²) in [6, 6.07) is 5.71. The van der Waals surface area contributed by atoms with Gasteiger partial charge in [0.2, 0.25) is 11.8 Å². The number of carbonyl (C=O) groups excluding carboxylic acids is 2. The van der Waals surface area contributed by atoms with E-state index in [2.05, 4.69) is 5.32 Å². The van der Waals surface area contributed by atoms with E-state index in [4.69, 9.17) is 9.47 Å². The van der Waals surface area contributed by atoms with E-state index in [0.717, 1.165) is 30.7 Å². The molecule has 2 fully saturated rings. The van der Waals surface area contributed by atoms with Crippen LogP contribution in [-0.4, -0.2) is 44.7 Å². The van der Waals surface area contributed by atoms with Gasteiger partial charge in [0, 0.05) is 26.1 Å². The van der Waals surface area contributed by atoms with Gasteiger partial charge in [-0.1, -0.05) is 6.07 Å². The molecule has 6 nitrogen and oxygen atoms in total. The molecule has 130 valence electrons. The molecule has 1 aromatic rings. The van der Waals surface area contributed by atoms with Gasteiger partial charge in [0.1, 0.15) is 5.75 Å². The van der Waals surface area contributed by atoms with Crippen molar-refractivity contribution in [2.24, 2.45) is 5.92 Å². The number of nitrogens with zero attached hydrogens (tertiary/aromatic N) is 1. The van der Waals surface area contributed by atoms with Crippen LogP contribution in [0.1, 0.15) is 24.8 Å². The Morgan fingerprint density at radius 1 is 1.46 bits per heavy atom. The number of nitrogens with one attached hydrogen (secondary N) is 1. The highest BCUT2D eigenvalue weighted by Crippen LogP contribution is 2.33. The van der Waals surface area contributed by atoms with Gasteiger partial charge in [-0.25, -0.2) is 0 Å². The molecule has 24 heavy (non-hydrogen) atoms. The number of hydrogen-bond acceptors (Lipinski definition) is 4. The topological polar surface area (TPSA) is 67.9 Å². The number of hydrogen-bond donors (Lipinski definition) is 1. The zero-order valence-electron chi connectivity index (χ0n) is 14.2. The van der Waals surface area contributed by atoms with Gasteiger partial charge in [-0.2, -0.15) is 0 Å². The molecule has 2 amide bonds. The van der Waals surface area contributed by atoms with Crippen LogP contribution < -0.4 is 15.0 Å². The van der Waals surface area contributed by atoms with E-state index in [1.54, 1.807) is 12.0 Å². The van der Waals surface area contributed by atoms with Crippen molar-refractivity contribution in [3.8, 4) is 5.75 Å². The number of ether oxygens (including phenoxy) is 2. The quantitative estimate of drug-likeness (QED) is 0.890. The van der Waals surface area contributed by atoms with E-state index in [-0.39, 0.29) is 30.3 Å². The second-order valence-electron chi connectivity index (χ2n) is 6.46. The number of methoxy groups -OCH3 is 1. The Labute approximate surface area is 142 Å². The SMILES string of the molecule is COc1ccc(C)cc1N1CC(C(=O)NCC2CCCO2)CC1=O. The standard InChI is InChI=1S/C18H24N2O4/c1-12-5-6-16(23-2)15(8-12)20-11-13(9-17(20)21)18(22)19-10-14-4-3-7-24-14/h5-6,8,13-14H,3-4,7,9-11H2,1-2H3,(H,19,22). The summed E-state index contributed by atoms with van der Waals surface area (Å²) in [5.74, 6) is 0.197. The second-order valence-corrected chi connectivity index (χ2v) is 6.46. The minimum atomic E-state index is -0.330. The molecule has 0 aliphatic carbocycles. The van der Waals surface area contributed by atoms with Crippen molar-refractivity contribution in [2.75, 3.05) is 31.7 Å². The van der Waals surface area contributed by atoms with Gasteiger partial charge in [0.05, 0.1) is 24.8 Å². The maximum Gasteiger partial charge on any atom is 0.227 e. The third-order valence-electron chi connectivity index (χ3n) is 4.65. The Kier molecular flexibility index (Phi) is 5.04. The zero-order valence-corrected chi connectivity index (χ0v) is 14.2. The minimum absolute atomic E-state index is 0.0452. The van der Waals surface area contributed by atoms with Crippen LogP contribution in [0.15, 0.2) is 18.2 Å². The van der Waals surface area contributed by atoms with E-state index in [0.29, 0.717) is 18.8 Å². The average molecular weight is 332 g/mol. The largest absolute Gasteiger partial charge is 0.495 e. The van der Waals surface area contributed by atoms with E-state index >= 15 is 0 Å². The number of anilines is 1. The number of rotatable bonds is 5. The molecule has 2 unspecified atom stereocenters. The first-order valence-electron chi connectivity index (χ1n) is 8.43. The minimum Gasteiger partial charge on any atom is -0.495 e. The molecule has 2 atom stereocenters. The summed E-state index contributed by atoms with van der Waals surface area (Å²) in [5, 5.41) is 2.93. The summed E-state index contributed by atoms with van der Waals surface area (Å²) in [5.41, 5.74) is 1.78. The van der Waals surface area contributed by atoms with Crippen molar-refractivity contribution in [3.05, 3.63) is 23.8 Å². The lowest BCUT2D eigenvalue weighted by Gasteiger charge is -2.20. The Hall–Kier alpha value is -2.08. The Balaban J connectivity index is 1.64. The predicted octanol–water partition coefficient (Wildman–Crippen LogP) is 1.65. The normalized spacial score (nSPS) is 23.6. The smallest absolute Gasteiger partial charge is 0.227 e. The first-order chi connectivity index (χ1) is 11.6. The lowest BCUT2D eigenvalue weighted by molar-refractivity contribution is -0.126. The number of aryl methyl sites for hydroxylation is 1. The number of benzene rings is 1. The second kappa shape index (κ2) is 7.21. The van der Waals surface area contributed by atoms with Crippen molar-refractivity contribution in [1.29, 1.82) is 0 Å². The van der Waals surface area contributed by atoms with Gasteiger partial charge in [0.25, 0.3) is 0 Å². The van der Waals surface area contributed by atoms with Crippen LogP contribution in [-0.2, 0) is 14.3 Å². The molecule has 2 saturated heterocycles. The molecule has 1 aromatic carbocycles. The molecule has 2 aliphatic rings. The van der Waals surface area contributed by atoms with Crippen molar-refractivity contribution in [2.45, 2.75) is 32.3 Å². The highest BCUT2D eigenvalue weighted by atomic mass is 16.5. The Morgan fingerprint density at radius 2 is 2.29 bits per heavy atom. The van der Waals surface area contributed by atoms with Crippen LogP contribution >= 0.6 is 0 Å². The lowest BCUT2D eigenvalue weighted by atomic mass is 10.1. The summed E-state index contributed by atoms with van der Waals surface area (Å²) in [4.78, 5) is 26.4. The van der Waals surface area contributed by atoms with Gasteiger partial charge in [-0.3, -0.25) is 9.59 Å². The number of amides is 2. The summed E-state index contributed by atoms with van der Waals surface area (Å²) in [6.07, 6.45) is 2.37. The lowest BCUT2D eigenvalue weighted by Crippen LogP contribution is -2.37. The summed E-state index contributed by atoms with van der Waals surface area (Å²) in [6.45, 7) is 3.64. The van der Waals surface area contributed by atoms with Gasteiger partial charge < -0.3 is 19.7 Å². The van der Waals surface area contributed by atoms with Crippen LogP contribution in [0, 0.1) is 12.8 Å². The van der Waals surface area contributed by atoms with Crippen LogP contribution in [0.3, 0.4) is 0 Å². The predicted molar refractivity (Wildman–Crippen MR) is 90.2 cm³/mol. The molecule has 0 aromatic heterocycles. The molecule has 0 spiro atoms. The summed E-state index contributed by atoms with van der Waals surface area (Å²) < 4.78 is 10.9. The first-order valence-corrected chi connectivity index (χ1v) is 8.43. The highest BCUT2D eigenvalue weighted by Gasteiger charge is 2.36. The molecule has 2 heterocycles. The van der Waals surface area contributed by atoms with E-state index < -0.39 is 0 Å². The molecule has 1 N–H and O–H groups in total. The third-order valence-corrected chi connectivity index (χ3v) is 4.65. The average Bonchev–Trinajstić information content (AvgIpc) is 3.22. The van der Waals surface area contributed by atoms with Crippen LogP contribution in [0.4, 0.5) is 5.69 Å². The fourth-order valence-electron chi connectivity index (χ4n) is 3.29. The Bertz CT molecular complexity index is 625. The molecule has 3 rings (SSSR count). The van der Waals surface area contributed by atoms with E-state index in [9.17, 15) is 9.59 Å². The molecular formula is C18H24N2O4. The monoisotopic (exact) mass is 332 g/mol. The number of carbonyl (C=O) groups is 2. The summed E-state index contributed by atoms with van der Waals surface area (Å²) >= 11 is 0. The first kappa shape index (κ1) is 16.8. The van der Waals surface area contributed by atoms with Gasteiger partial charge in [0.15, 0.2) is 0 Å². The van der Waals surface area contributed by atoms with Gasteiger partial charge in [-0.05, 0) is 37.5 Å². The van der Waals surface area contributed by atoms with Crippen molar-refractivity contribution < 1.29 is 19.1 Å². The third kappa shape index (κ3) is 3.53. The Morgan fingerprint density at radius 3 is 3.00 bits per heavy atom. The van der Waals surface area contributed by atoms with Crippen molar-refractivity contribution >= 4 is 17.5 Å². The van der Waals surface area contributed by atoms with E-state index in [1.165, 1.54) is 0 Å². The fourth-order valence-corrected chi connectivity index (χ4v) is 3.29. The molecule has 0 radical (unpaired) electrons. The maximum absolute atomic E-state index is 12.4. The van der Waals surface area contributed by atoms with Crippen LogP contribution in [0.25, 0.3) is 0 Å². The van der Waals surface area contributed by atoms with E-state index in [1.807, 2.05) is 25.1 Å². The van der Waals surface area contributed by atoms with Crippen LogP contribution in [0.5, 0.6) is 5.75 Å². The highest BCUT2D eigenvalue weighted by molar-refractivity contribution is 6.01. The molecule has 2 aliphatic heterocycles. The fraction of sp³-hybridized carbons (Fsp3) is 0.556. The van der Waals surface area contributed by atoms with Crippen molar-refractivity contribution in [1.82, 2.24) is 5.32 Å². The summed E-state index contributed by atoms with van der Waals surface area (Å²) in [7, 11) is 1.58. The van der Waals surface area contributed by atoms with Gasteiger partial charge >= 0.3 is 0 Å². The molecular weight excluding hydrogens is 308 g/mol. The molecule has 0 bridgehead atoms. The zero-order chi connectivity index (χ0) is 17.1. The van der Waals surface area contributed by atoms with Gasteiger partial charge in [-0.15, -0.1) is 0 Å². The van der Waals surface area contributed by atoms with Crippen molar-refractivity contribution in [3.63, 3.8) is 0 Å².